The van der Waals surface area contributed by atoms with Crippen LogP contribution < -0.4 is 16.4 Å². The largest absolute Gasteiger partial charge is 0.399 e. The van der Waals surface area contributed by atoms with E-state index in [4.69, 9.17) is 15.2 Å². The standard InChI is InChI=1S/C44H76N6O9S/c1-14-29(6)40(49(10)44(55)38(27(2)3)47-43(54)39(28(4)5)48(8)9)36(58-11)25-37(52)50-22-15-16-34(50)41(59-12)30(7)35(51)24-32(21-23-60(13,56)57)42(53)46-26-31-17-19-33(45)20-18-31/h17-20,27-30,32,34,36,38-41H,14-16,21-26,45H2,1-13H3,(H,46,53)(H,47,54)/t29-,30-,32+,34-,36+,38-,39-,40-,41+/m0/s1. The van der Waals surface area contributed by atoms with E-state index in [0.717, 1.165) is 11.8 Å². The van der Waals surface area contributed by atoms with Gasteiger partial charge < -0.3 is 35.6 Å². The van der Waals surface area contributed by atoms with Crippen LogP contribution in [0.3, 0.4) is 0 Å². The molecular weight excluding hydrogens is 789 g/mol. The van der Waals surface area contributed by atoms with Crippen molar-refractivity contribution in [3.05, 3.63) is 29.8 Å². The monoisotopic (exact) mass is 865 g/mol. The first kappa shape index (κ1) is 52.5. The third-order valence-corrected chi connectivity index (χ3v) is 13.1. The van der Waals surface area contributed by atoms with Crippen molar-refractivity contribution in [1.82, 2.24) is 25.3 Å². The summed E-state index contributed by atoms with van der Waals surface area (Å²) < 4.78 is 36.2. The van der Waals surface area contributed by atoms with Gasteiger partial charge in [0.15, 0.2) is 0 Å². The molecule has 0 aliphatic carbocycles. The predicted octanol–water partition coefficient (Wildman–Crippen LogP) is 3.54. The van der Waals surface area contributed by atoms with Crippen molar-refractivity contribution in [3.63, 3.8) is 0 Å². The highest BCUT2D eigenvalue weighted by Gasteiger charge is 2.43. The number of amides is 4. The molecule has 9 atom stereocenters. The normalized spacial score (nSPS) is 18.7. The molecule has 1 saturated heterocycles. The molecule has 4 N–H and O–H groups in total. The molecule has 1 aliphatic rings. The van der Waals surface area contributed by atoms with Crippen LogP contribution in [0.15, 0.2) is 24.3 Å². The van der Waals surface area contributed by atoms with Crippen molar-refractivity contribution in [2.75, 3.05) is 59.6 Å². The Bertz CT molecular complexity index is 1660. The molecule has 2 rings (SSSR count). The number of benzene rings is 1. The number of Topliss-reactive ketones (excluding diaryl/α,β-unsaturated/α-hetero) is 1. The van der Waals surface area contributed by atoms with Crippen molar-refractivity contribution in [2.24, 2.45) is 29.6 Å². The first-order chi connectivity index (χ1) is 28.0. The number of ketones is 1. The minimum atomic E-state index is -3.41. The van der Waals surface area contributed by atoms with E-state index in [2.05, 4.69) is 10.6 Å². The van der Waals surface area contributed by atoms with E-state index in [-0.39, 0.29) is 72.8 Å². The lowest BCUT2D eigenvalue weighted by Gasteiger charge is -2.41. The Morgan fingerprint density at radius 1 is 0.917 bits per heavy atom. The number of nitrogens with two attached hydrogens (primary N) is 1. The summed E-state index contributed by atoms with van der Waals surface area (Å²) in [6.07, 6.45) is 1.45. The minimum Gasteiger partial charge on any atom is -0.399 e. The molecule has 1 aromatic carbocycles. The van der Waals surface area contributed by atoms with Gasteiger partial charge in [-0.15, -0.1) is 0 Å². The van der Waals surface area contributed by atoms with Gasteiger partial charge in [-0.25, -0.2) is 8.42 Å². The van der Waals surface area contributed by atoms with Crippen LogP contribution in [-0.4, -0.2) is 143 Å². The van der Waals surface area contributed by atoms with Crippen LogP contribution in [0.25, 0.3) is 0 Å². The van der Waals surface area contributed by atoms with Crippen molar-refractivity contribution >= 4 is 44.9 Å². The van der Waals surface area contributed by atoms with Crippen molar-refractivity contribution in [1.29, 1.82) is 0 Å². The predicted molar refractivity (Wildman–Crippen MR) is 235 cm³/mol. The van der Waals surface area contributed by atoms with Crippen LogP contribution >= 0.6 is 0 Å². The van der Waals surface area contributed by atoms with E-state index in [1.54, 1.807) is 48.0 Å². The summed E-state index contributed by atoms with van der Waals surface area (Å²) in [4.78, 5) is 74.6. The molecule has 0 spiro atoms. The van der Waals surface area contributed by atoms with Gasteiger partial charge in [0.25, 0.3) is 0 Å². The van der Waals surface area contributed by atoms with Gasteiger partial charge in [0.2, 0.25) is 23.6 Å². The fraction of sp³-hybridized carbons (Fsp3) is 0.750. The summed E-state index contributed by atoms with van der Waals surface area (Å²) in [6, 6.07) is 4.83. The zero-order valence-electron chi connectivity index (χ0n) is 38.5. The molecule has 0 radical (unpaired) electrons. The Labute approximate surface area is 360 Å². The lowest BCUT2D eigenvalue weighted by molar-refractivity contribution is -0.148. The fourth-order valence-corrected chi connectivity index (χ4v) is 9.24. The molecule has 15 nitrogen and oxygen atoms in total. The van der Waals surface area contributed by atoms with Gasteiger partial charge in [-0.1, -0.05) is 67.0 Å². The summed E-state index contributed by atoms with van der Waals surface area (Å²) in [5.74, 6) is -3.52. The molecule has 1 fully saturated rings. The van der Waals surface area contributed by atoms with Crippen LogP contribution in [-0.2, 0) is 49.8 Å². The Morgan fingerprint density at radius 3 is 2.03 bits per heavy atom. The average Bonchev–Trinajstić information content (AvgIpc) is 3.66. The van der Waals surface area contributed by atoms with Crippen molar-refractivity contribution in [2.45, 2.75) is 130 Å². The second-order valence-electron chi connectivity index (χ2n) is 17.7. The Balaban J connectivity index is 2.29. The maximum atomic E-state index is 14.3. The molecule has 4 amide bonds. The van der Waals surface area contributed by atoms with E-state index in [0.29, 0.717) is 31.5 Å². The topological polar surface area (TPSA) is 198 Å². The van der Waals surface area contributed by atoms with E-state index >= 15 is 0 Å². The highest BCUT2D eigenvalue weighted by atomic mass is 32.2. The molecule has 1 heterocycles. The minimum absolute atomic E-state index is 0.0208. The van der Waals surface area contributed by atoms with E-state index in [1.165, 1.54) is 14.2 Å². The molecule has 342 valence electrons. The molecule has 16 heteroatoms. The van der Waals surface area contributed by atoms with Gasteiger partial charge in [-0.2, -0.15) is 0 Å². The maximum Gasteiger partial charge on any atom is 0.245 e. The molecule has 1 aromatic rings. The second kappa shape index (κ2) is 24.1. The first-order valence-electron chi connectivity index (χ1n) is 21.4. The molecular formula is C44H76N6O9S. The van der Waals surface area contributed by atoms with Gasteiger partial charge in [0.05, 0.1) is 42.5 Å². The number of carbonyl (C=O) groups is 5. The number of methoxy groups -OCH3 is 2. The van der Waals surface area contributed by atoms with Crippen LogP contribution in [0.1, 0.15) is 92.6 Å². The number of hydrogen-bond acceptors (Lipinski definition) is 11. The number of rotatable bonds is 25. The SMILES string of the molecule is CC[C@H](C)[C@@H]([C@@H](CC(=O)N1CCC[C@H]1[C@H](OC)[C@@H](C)C(=O)C[C@@H](CCS(C)(=O)=O)C(=O)NCc1ccc(N)cc1)OC)N(C)C(=O)[C@@H](NC(=O)[C@H](C(C)C)N(C)C)C(C)C. The summed E-state index contributed by atoms with van der Waals surface area (Å²) in [5, 5.41) is 5.87. The van der Waals surface area contributed by atoms with E-state index < -0.39 is 64.0 Å². The summed E-state index contributed by atoms with van der Waals surface area (Å²) in [7, 11) is 5.00. The smallest absolute Gasteiger partial charge is 0.245 e. The number of likely N-dealkylation sites (tertiary alicyclic amines) is 1. The average molecular weight is 865 g/mol. The lowest BCUT2D eigenvalue weighted by atomic mass is 9.86. The number of nitrogens with one attached hydrogen (secondary N) is 2. The quantitative estimate of drug-likeness (QED) is 0.122. The van der Waals surface area contributed by atoms with Gasteiger partial charge in [-0.3, -0.25) is 28.9 Å². The molecule has 0 aromatic heterocycles. The number of likely N-dealkylation sites (N-methyl/N-ethyl adjacent to an activating group) is 2. The maximum absolute atomic E-state index is 14.3. The highest BCUT2D eigenvalue weighted by molar-refractivity contribution is 7.90. The number of anilines is 1. The number of carbonyl (C=O) groups excluding carboxylic acids is 5. The first-order valence-corrected chi connectivity index (χ1v) is 23.5. The number of hydrogen-bond donors (Lipinski definition) is 3. The molecule has 0 saturated carbocycles. The van der Waals surface area contributed by atoms with Crippen LogP contribution in [0, 0.1) is 29.6 Å². The number of nitrogen functional groups attached to an aromatic ring is 1. The Hall–Kier alpha value is -3.60. The highest BCUT2D eigenvalue weighted by Crippen LogP contribution is 2.31. The Kier molecular flexibility index (Phi) is 21.1. The van der Waals surface area contributed by atoms with Crippen molar-refractivity contribution < 1.29 is 41.9 Å². The van der Waals surface area contributed by atoms with Crippen LogP contribution in [0.2, 0.25) is 0 Å². The lowest BCUT2D eigenvalue weighted by Crippen LogP contribution is -2.59. The third-order valence-electron chi connectivity index (χ3n) is 12.1. The molecule has 60 heavy (non-hydrogen) atoms. The number of sulfone groups is 1. The van der Waals surface area contributed by atoms with Gasteiger partial charge in [0, 0.05) is 64.6 Å². The number of ether oxygens (including phenoxy) is 2. The zero-order chi connectivity index (χ0) is 45.6. The Morgan fingerprint density at radius 2 is 1.53 bits per heavy atom. The summed E-state index contributed by atoms with van der Waals surface area (Å²) >= 11 is 0. The van der Waals surface area contributed by atoms with E-state index in [9.17, 15) is 32.4 Å². The van der Waals surface area contributed by atoms with Crippen LogP contribution in [0.5, 0.6) is 0 Å². The number of nitrogens with zero attached hydrogens (tertiary/aromatic N) is 3. The van der Waals surface area contributed by atoms with Crippen LogP contribution in [0.4, 0.5) is 5.69 Å². The fourth-order valence-electron chi connectivity index (χ4n) is 8.53. The van der Waals surface area contributed by atoms with Gasteiger partial charge >= 0.3 is 0 Å². The second-order valence-corrected chi connectivity index (χ2v) is 20.0. The molecule has 0 bridgehead atoms. The third kappa shape index (κ3) is 15.1. The zero-order valence-corrected chi connectivity index (χ0v) is 39.3. The molecule has 1 aliphatic heterocycles. The van der Waals surface area contributed by atoms with Gasteiger partial charge in [-0.05, 0) is 68.8 Å². The summed E-state index contributed by atoms with van der Waals surface area (Å²) in [6.45, 7) is 14.1. The van der Waals surface area contributed by atoms with Gasteiger partial charge in [0.1, 0.15) is 21.7 Å². The van der Waals surface area contributed by atoms with Crippen molar-refractivity contribution in [3.8, 4) is 0 Å². The van der Waals surface area contributed by atoms with E-state index in [1.807, 2.05) is 60.5 Å². The molecule has 0 unspecified atom stereocenters. The summed E-state index contributed by atoms with van der Waals surface area (Å²) in [5.41, 5.74) is 7.17.